The average molecular weight is 739 g/mol. The van der Waals surface area contributed by atoms with Gasteiger partial charge in [-0.3, -0.25) is 14.1 Å². The van der Waals surface area contributed by atoms with Crippen molar-refractivity contribution in [2.24, 2.45) is 5.41 Å². The first kappa shape index (κ1) is 36.2. The molecule has 2 aliphatic heterocycles. The van der Waals surface area contributed by atoms with Gasteiger partial charge in [0, 0.05) is 30.8 Å². The molecule has 52 heavy (non-hydrogen) atoms. The molecule has 1 spiro atoms. The lowest BCUT2D eigenvalue weighted by Crippen LogP contribution is -2.38. The van der Waals surface area contributed by atoms with Gasteiger partial charge in [0.2, 0.25) is 27.6 Å². The first-order valence-electron chi connectivity index (χ1n) is 17.6. The summed E-state index contributed by atoms with van der Waals surface area (Å²) >= 11 is 0. The summed E-state index contributed by atoms with van der Waals surface area (Å²) in [7, 11) is -4.09. The lowest BCUT2D eigenvalue weighted by atomic mass is 9.70. The molecule has 1 saturated heterocycles. The third-order valence-electron chi connectivity index (χ3n) is 10.9. The van der Waals surface area contributed by atoms with Crippen LogP contribution in [0.1, 0.15) is 91.1 Å². The van der Waals surface area contributed by atoms with E-state index >= 15 is 0 Å². The number of sulfonamides is 1. The third kappa shape index (κ3) is 6.51. The number of alkyl halides is 2. The molecule has 0 bridgehead atoms. The van der Waals surface area contributed by atoms with E-state index < -0.39 is 45.2 Å². The number of aryl methyl sites for hydroxylation is 3. The number of likely N-dealkylation sites (tertiary alicyclic amines) is 1. The third-order valence-corrected chi connectivity index (χ3v) is 12.7. The number of aromatic nitrogens is 4. The minimum atomic E-state index is -4.09. The summed E-state index contributed by atoms with van der Waals surface area (Å²) in [6, 6.07) is 8.76. The fourth-order valence-corrected chi connectivity index (χ4v) is 9.10. The Bertz CT molecular complexity index is 2150. The number of halogens is 2. The van der Waals surface area contributed by atoms with E-state index in [1.807, 2.05) is 25.1 Å². The van der Waals surface area contributed by atoms with Crippen LogP contribution in [0.3, 0.4) is 0 Å². The standard InChI is InChI=1S/C37H44F2N6O6S/c1-22-8-9-25(29(36(4,5)35(46)47)27-10-15-45-31(24(27)3)41-42-32(45)30(38)39)19-26(22)20-44-21-37(11-12-37)51-34-28(52(44,48)49)18-23(2)33(40-34)50-17-16-43-13-6-7-14-43/h8-10,15,18-19,29-30H,6-7,11-14,16-17,20-21H2,1-5H3,(H,46,47). The Morgan fingerprint density at radius 3 is 2.48 bits per heavy atom. The van der Waals surface area contributed by atoms with E-state index in [-0.39, 0.29) is 29.5 Å². The second-order valence-corrected chi connectivity index (χ2v) is 16.9. The van der Waals surface area contributed by atoms with E-state index in [4.69, 9.17) is 9.47 Å². The molecule has 0 amide bonds. The molecule has 2 fully saturated rings. The van der Waals surface area contributed by atoms with Crippen molar-refractivity contribution in [3.63, 3.8) is 0 Å². The Labute approximate surface area is 301 Å². The van der Waals surface area contributed by atoms with E-state index in [0.717, 1.165) is 25.2 Å². The summed E-state index contributed by atoms with van der Waals surface area (Å²) in [5, 5.41) is 18.1. The van der Waals surface area contributed by atoms with Gasteiger partial charge < -0.3 is 14.6 Å². The van der Waals surface area contributed by atoms with Crippen LogP contribution >= 0.6 is 0 Å². The Balaban J connectivity index is 1.23. The van der Waals surface area contributed by atoms with Crippen molar-refractivity contribution in [1.29, 1.82) is 0 Å². The number of hydrogen-bond acceptors (Lipinski definition) is 9. The molecule has 4 aromatic rings. The molecule has 5 heterocycles. The van der Waals surface area contributed by atoms with Gasteiger partial charge in [-0.15, -0.1) is 10.2 Å². The normalized spacial score (nSPS) is 19.1. The average Bonchev–Trinajstić information content (AvgIpc) is 3.44. The van der Waals surface area contributed by atoms with E-state index in [2.05, 4.69) is 20.1 Å². The van der Waals surface area contributed by atoms with Gasteiger partial charge in [0.15, 0.2) is 5.65 Å². The smallest absolute Gasteiger partial charge is 0.310 e. The maximum atomic E-state index is 14.4. The first-order chi connectivity index (χ1) is 24.6. The van der Waals surface area contributed by atoms with Crippen LogP contribution in [0.15, 0.2) is 41.4 Å². The van der Waals surface area contributed by atoms with Crippen molar-refractivity contribution < 1.29 is 36.6 Å². The summed E-state index contributed by atoms with van der Waals surface area (Å²) in [5.74, 6) is -1.91. The number of nitrogens with zero attached hydrogens (tertiary/aromatic N) is 6. The number of fused-ring (bicyclic) bond motifs is 2. The van der Waals surface area contributed by atoms with Crippen LogP contribution in [0.5, 0.6) is 11.8 Å². The molecule has 15 heteroatoms. The molecule has 1 saturated carbocycles. The molecule has 278 valence electrons. The number of hydrogen-bond donors (Lipinski definition) is 1. The van der Waals surface area contributed by atoms with Crippen LogP contribution in [-0.2, 0) is 21.4 Å². The SMILES string of the molecule is Cc1ccc(C(c2ccn3c(C(F)F)nnc3c2C)C(C)(C)C(=O)O)cc1CN1CC2(CC2)Oc2nc(OCCN3CCCC3)c(C)cc2S1(=O)=O. The van der Waals surface area contributed by atoms with Crippen LogP contribution in [0, 0.1) is 26.2 Å². The van der Waals surface area contributed by atoms with Gasteiger partial charge in [-0.2, -0.15) is 9.29 Å². The molecule has 3 aliphatic rings. The summed E-state index contributed by atoms with van der Waals surface area (Å²) in [4.78, 5) is 19.7. The molecular formula is C37H44F2N6O6S. The van der Waals surface area contributed by atoms with E-state index in [1.54, 1.807) is 39.8 Å². The van der Waals surface area contributed by atoms with Gasteiger partial charge in [-0.1, -0.05) is 18.2 Å². The summed E-state index contributed by atoms with van der Waals surface area (Å²) < 4.78 is 71.2. The van der Waals surface area contributed by atoms with Crippen molar-refractivity contribution >= 4 is 21.6 Å². The van der Waals surface area contributed by atoms with Crippen LogP contribution in [0.4, 0.5) is 8.78 Å². The number of carboxylic acid groups (broad SMARTS) is 1. The van der Waals surface area contributed by atoms with E-state index in [1.165, 1.54) is 27.7 Å². The van der Waals surface area contributed by atoms with Crippen molar-refractivity contribution in [3.05, 3.63) is 75.7 Å². The lowest BCUT2D eigenvalue weighted by Gasteiger charge is -2.33. The Hall–Kier alpha value is -4.21. The number of rotatable bonds is 11. The molecule has 1 unspecified atom stereocenters. The molecule has 1 N–H and O–H groups in total. The monoisotopic (exact) mass is 738 g/mol. The highest BCUT2D eigenvalue weighted by molar-refractivity contribution is 7.89. The lowest BCUT2D eigenvalue weighted by molar-refractivity contribution is -0.147. The summed E-state index contributed by atoms with van der Waals surface area (Å²) in [5.41, 5.74) is 1.98. The molecule has 12 nitrogen and oxygen atoms in total. The van der Waals surface area contributed by atoms with Crippen molar-refractivity contribution in [1.82, 2.24) is 28.8 Å². The largest absolute Gasteiger partial charge is 0.481 e. The van der Waals surface area contributed by atoms with Crippen LogP contribution in [-0.4, -0.2) is 86.7 Å². The van der Waals surface area contributed by atoms with Crippen molar-refractivity contribution in [3.8, 4) is 11.8 Å². The quantitative estimate of drug-likeness (QED) is 0.200. The van der Waals surface area contributed by atoms with E-state index in [0.29, 0.717) is 53.1 Å². The van der Waals surface area contributed by atoms with Gasteiger partial charge in [0.1, 0.15) is 17.1 Å². The minimum Gasteiger partial charge on any atom is -0.481 e. The number of ether oxygens (including phenoxy) is 2. The molecule has 3 aromatic heterocycles. The fraction of sp³-hybridized carbons (Fsp3) is 0.514. The Morgan fingerprint density at radius 1 is 1.08 bits per heavy atom. The molecule has 0 radical (unpaired) electrons. The second-order valence-electron chi connectivity index (χ2n) is 15.0. The van der Waals surface area contributed by atoms with Gasteiger partial charge in [0.25, 0.3) is 6.43 Å². The molecular weight excluding hydrogens is 695 g/mol. The first-order valence-corrected chi connectivity index (χ1v) is 19.1. The Morgan fingerprint density at radius 2 is 1.81 bits per heavy atom. The number of carbonyl (C=O) groups is 1. The highest BCUT2D eigenvalue weighted by Crippen LogP contribution is 2.48. The number of aliphatic carboxylic acids is 1. The van der Waals surface area contributed by atoms with Crippen molar-refractivity contribution in [2.75, 3.05) is 32.8 Å². The molecule has 1 aliphatic carbocycles. The van der Waals surface area contributed by atoms with Crippen LogP contribution in [0.2, 0.25) is 0 Å². The predicted octanol–water partition coefficient (Wildman–Crippen LogP) is 5.82. The highest BCUT2D eigenvalue weighted by atomic mass is 32.2. The van der Waals surface area contributed by atoms with Crippen LogP contribution < -0.4 is 9.47 Å². The van der Waals surface area contributed by atoms with Gasteiger partial charge >= 0.3 is 5.97 Å². The minimum absolute atomic E-state index is 0.0137. The summed E-state index contributed by atoms with van der Waals surface area (Å²) in [6.07, 6.45) is 2.30. The highest BCUT2D eigenvalue weighted by Gasteiger charge is 2.53. The van der Waals surface area contributed by atoms with Gasteiger partial charge in [-0.05, 0) is 113 Å². The maximum Gasteiger partial charge on any atom is 0.310 e. The van der Waals surface area contributed by atoms with Gasteiger partial charge in [-0.25, -0.2) is 17.2 Å². The van der Waals surface area contributed by atoms with E-state index in [9.17, 15) is 27.1 Å². The second kappa shape index (κ2) is 13.3. The zero-order chi connectivity index (χ0) is 37.2. The number of pyridine rings is 2. The van der Waals surface area contributed by atoms with Gasteiger partial charge in [0.05, 0.1) is 12.0 Å². The number of carboxylic acids is 1. The zero-order valence-corrected chi connectivity index (χ0v) is 30.8. The number of benzene rings is 1. The zero-order valence-electron chi connectivity index (χ0n) is 30.0. The molecule has 1 atom stereocenters. The fourth-order valence-electron chi connectivity index (χ4n) is 7.48. The topological polar surface area (TPSA) is 139 Å². The molecule has 1 aromatic carbocycles. The van der Waals surface area contributed by atoms with Crippen molar-refractivity contribution in [2.45, 2.75) is 89.7 Å². The Kier molecular flexibility index (Phi) is 9.27. The predicted molar refractivity (Wildman–Crippen MR) is 187 cm³/mol. The summed E-state index contributed by atoms with van der Waals surface area (Å²) in [6.45, 7) is 12.0. The molecule has 7 rings (SSSR count). The maximum absolute atomic E-state index is 14.4. The van der Waals surface area contributed by atoms with Crippen LogP contribution in [0.25, 0.3) is 5.65 Å².